The lowest BCUT2D eigenvalue weighted by molar-refractivity contribution is 0.0654. The summed E-state index contributed by atoms with van der Waals surface area (Å²) in [5.41, 5.74) is 5.49. The van der Waals surface area contributed by atoms with Crippen molar-refractivity contribution in [1.29, 1.82) is 0 Å². The molecule has 0 saturated carbocycles. The van der Waals surface area contributed by atoms with Crippen LogP contribution < -0.4 is 4.74 Å². The third kappa shape index (κ3) is 3.58. The molecule has 5 heteroatoms. The van der Waals surface area contributed by atoms with Gasteiger partial charge in [-0.25, -0.2) is 0 Å². The van der Waals surface area contributed by atoms with Crippen molar-refractivity contribution < 1.29 is 18.7 Å². The van der Waals surface area contributed by atoms with Crippen LogP contribution in [0.1, 0.15) is 56.0 Å². The molecule has 0 N–H and O–H groups in total. The molecule has 1 aliphatic carbocycles. The molecule has 2 amide bonds. The van der Waals surface area contributed by atoms with E-state index in [0.29, 0.717) is 24.2 Å². The molecule has 1 aromatic heterocycles. The Morgan fingerprint density at radius 2 is 1.73 bits per heavy atom. The van der Waals surface area contributed by atoms with Crippen molar-refractivity contribution in [2.24, 2.45) is 0 Å². The SMILES string of the molecule is Cc1c(OCC2=CC=CCC2)c(C)c2coc(CCN3C(=O)c4ccccc4C3=O)c2c1C. The highest BCUT2D eigenvalue weighted by Crippen LogP contribution is 2.38. The van der Waals surface area contributed by atoms with Crippen molar-refractivity contribution in [3.05, 3.63) is 87.9 Å². The van der Waals surface area contributed by atoms with Crippen LogP contribution in [0, 0.1) is 20.8 Å². The number of allylic oxidation sites excluding steroid dienone is 3. The number of hydrogen-bond acceptors (Lipinski definition) is 4. The third-order valence-electron chi connectivity index (χ3n) is 6.83. The standard InChI is InChI=1S/C28H27NO4/c1-17-18(2)26(33-15-20-9-5-4-6-10-20)19(3)23-16-32-24(25(17)23)13-14-29-27(30)21-11-7-8-12-22(21)28(29)31/h4-5,7-9,11-12,16H,6,10,13-15H2,1-3H3. The zero-order valence-corrected chi connectivity index (χ0v) is 19.2. The molecule has 0 fully saturated rings. The van der Waals surface area contributed by atoms with Crippen LogP contribution in [0.15, 0.2) is 58.7 Å². The number of carbonyl (C=O) groups is 2. The van der Waals surface area contributed by atoms with Gasteiger partial charge in [-0.3, -0.25) is 14.5 Å². The molecule has 5 nitrogen and oxygen atoms in total. The topological polar surface area (TPSA) is 59.8 Å². The molecule has 0 saturated heterocycles. The minimum absolute atomic E-state index is 0.238. The maximum absolute atomic E-state index is 12.7. The van der Waals surface area contributed by atoms with Crippen LogP contribution in [0.2, 0.25) is 0 Å². The number of carbonyl (C=O) groups excluding carboxylic acids is 2. The monoisotopic (exact) mass is 441 g/mol. The van der Waals surface area contributed by atoms with Gasteiger partial charge in [-0.05, 0) is 62.4 Å². The van der Waals surface area contributed by atoms with Gasteiger partial charge in [-0.15, -0.1) is 0 Å². The Labute approximate surface area is 193 Å². The van der Waals surface area contributed by atoms with Gasteiger partial charge < -0.3 is 9.15 Å². The number of rotatable bonds is 6. The van der Waals surface area contributed by atoms with E-state index in [1.165, 1.54) is 10.5 Å². The predicted octanol–water partition coefficient (Wildman–Crippen LogP) is 5.85. The number of imide groups is 1. The molecule has 0 atom stereocenters. The zero-order chi connectivity index (χ0) is 23.1. The molecule has 2 heterocycles. The fourth-order valence-corrected chi connectivity index (χ4v) is 4.84. The Balaban J connectivity index is 1.39. The fourth-order valence-electron chi connectivity index (χ4n) is 4.84. The highest BCUT2D eigenvalue weighted by atomic mass is 16.5. The van der Waals surface area contributed by atoms with Crippen molar-refractivity contribution in [2.75, 3.05) is 13.2 Å². The number of aryl methyl sites for hydroxylation is 2. The average molecular weight is 442 g/mol. The third-order valence-corrected chi connectivity index (χ3v) is 6.83. The minimum atomic E-state index is -0.238. The van der Waals surface area contributed by atoms with E-state index in [1.807, 2.05) is 0 Å². The molecular weight excluding hydrogens is 414 g/mol. The normalized spacial score (nSPS) is 15.4. The first-order chi connectivity index (χ1) is 16.0. The molecular formula is C28H27NO4. The molecule has 3 aromatic rings. The first kappa shape index (κ1) is 21.3. The number of ether oxygens (including phenoxy) is 1. The molecule has 0 unspecified atom stereocenters. The van der Waals surface area contributed by atoms with E-state index < -0.39 is 0 Å². The van der Waals surface area contributed by atoms with Crippen molar-refractivity contribution in [2.45, 2.75) is 40.0 Å². The Morgan fingerprint density at radius 1 is 1.00 bits per heavy atom. The molecule has 0 bridgehead atoms. The van der Waals surface area contributed by atoms with Crippen molar-refractivity contribution in [3.8, 4) is 5.75 Å². The molecule has 2 aromatic carbocycles. The summed E-state index contributed by atoms with van der Waals surface area (Å²) < 4.78 is 12.2. The number of nitrogens with zero attached hydrogens (tertiary/aromatic N) is 1. The van der Waals surface area contributed by atoms with E-state index in [9.17, 15) is 9.59 Å². The van der Waals surface area contributed by atoms with Crippen LogP contribution in [0.3, 0.4) is 0 Å². The van der Waals surface area contributed by atoms with Crippen LogP contribution in [-0.2, 0) is 6.42 Å². The summed E-state index contributed by atoms with van der Waals surface area (Å²) in [4.78, 5) is 26.7. The van der Waals surface area contributed by atoms with Gasteiger partial charge in [-0.1, -0.05) is 30.4 Å². The number of fused-ring (bicyclic) bond motifs is 2. The highest BCUT2D eigenvalue weighted by Gasteiger charge is 2.35. The lowest BCUT2D eigenvalue weighted by atomic mass is 9.96. The van der Waals surface area contributed by atoms with Gasteiger partial charge in [0.25, 0.3) is 11.8 Å². The quantitative estimate of drug-likeness (QED) is 0.450. The van der Waals surface area contributed by atoms with E-state index in [1.54, 1.807) is 30.5 Å². The Bertz CT molecular complexity index is 1310. The number of amides is 2. The van der Waals surface area contributed by atoms with E-state index >= 15 is 0 Å². The number of hydrogen-bond donors (Lipinski definition) is 0. The van der Waals surface area contributed by atoms with Crippen LogP contribution >= 0.6 is 0 Å². The first-order valence-electron chi connectivity index (χ1n) is 11.4. The highest BCUT2D eigenvalue weighted by molar-refractivity contribution is 6.21. The molecule has 33 heavy (non-hydrogen) atoms. The fraction of sp³-hybridized carbons (Fsp3) is 0.286. The second-order valence-corrected chi connectivity index (χ2v) is 8.79. The maximum Gasteiger partial charge on any atom is 0.261 e. The lowest BCUT2D eigenvalue weighted by Crippen LogP contribution is -2.31. The van der Waals surface area contributed by atoms with Gasteiger partial charge in [-0.2, -0.15) is 0 Å². The second kappa shape index (κ2) is 8.39. The Kier molecular flexibility index (Phi) is 5.41. The minimum Gasteiger partial charge on any atom is -0.489 e. The van der Waals surface area contributed by atoms with Crippen molar-refractivity contribution >= 4 is 22.6 Å². The summed E-state index contributed by atoms with van der Waals surface area (Å²) in [5, 5.41) is 2.07. The largest absolute Gasteiger partial charge is 0.489 e. The summed E-state index contributed by atoms with van der Waals surface area (Å²) in [6.45, 7) is 7.08. The first-order valence-corrected chi connectivity index (χ1v) is 11.4. The van der Waals surface area contributed by atoms with Gasteiger partial charge in [0.15, 0.2) is 0 Å². The molecule has 0 radical (unpaired) electrons. The van der Waals surface area contributed by atoms with Crippen molar-refractivity contribution in [1.82, 2.24) is 4.90 Å². The van der Waals surface area contributed by atoms with Gasteiger partial charge >= 0.3 is 0 Å². The Hall–Kier alpha value is -3.60. The van der Waals surface area contributed by atoms with Crippen LogP contribution in [-0.4, -0.2) is 29.9 Å². The Morgan fingerprint density at radius 3 is 2.39 bits per heavy atom. The van der Waals surface area contributed by atoms with Gasteiger partial charge in [0.05, 0.1) is 17.4 Å². The summed E-state index contributed by atoms with van der Waals surface area (Å²) >= 11 is 0. The summed E-state index contributed by atoms with van der Waals surface area (Å²) in [6, 6.07) is 6.97. The molecule has 5 rings (SSSR count). The second-order valence-electron chi connectivity index (χ2n) is 8.79. The lowest BCUT2D eigenvalue weighted by Gasteiger charge is -2.18. The smallest absolute Gasteiger partial charge is 0.261 e. The average Bonchev–Trinajstić information content (AvgIpc) is 3.37. The summed E-state index contributed by atoms with van der Waals surface area (Å²) in [6.07, 6.45) is 10.7. The maximum atomic E-state index is 12.7. The number of furan rings is 1. The molecule has 0 spiro atoms. The summed E-state index contributed by atoms with van der Waals surface area (Å²) in [7, 11) is 0. The van der Waals surface area contributed by atoms with Crippen LogP contribution in [0.5, 0.6) is 5.75 Å². The molecule has 2 aliphatic rings. The van der Waals surface area contributed by atoms with E-state index in [-0.39, 0.29) is 18.4 Å². The molecule has 1 aliphatic heterocycles. The van der Waals surface area contributed by atoms with Gasteiger partial charge in [0.2, 0.25) is 0 Å². The van der Waals surface area contributed by atoms with Crippen LogP contribution in [0.4, 0.5) is 0 Å². The van der Waals surface area contributed by atoms with E-state index in [0.717, 1.165) is 51.8 Å². The molecule has 168 valence electrons. The van der Waals surface area contributed by atoms with Crippen LogP contribution in [0.25, 0.3) is 10.8 Å². The van der Waals surface area contributed by atoms with Gasteiger partial charge in [0, 0.05) is 29.3 Å². The summed E-state index contributed by atoms with van der Waals surface area (Å²) in [5.74, 6) is 1.22. The number of benzene rings is 2. The predicted molar refractivity (Wildman–Crippen MR) is 128 cm³/mol. The van der Waals surface area contributed by atoms with Gasteiger partial charge in [0.1, 0.15) is 18.1 Å². The zero-order valence-electron chi connectivity index (χ0n) is 19.2. The van der Waals surface area contributed by atoms with E-state index in [2.05, 4.69) is 39.0 Å². The van der Waals surface area contributed by atoms with E-state index in [4.69, 9.17) is 9.15 Å². The van der Waals surface area contributed by atoms with Crippen molar-refractivity contribution in [3.63, 3.8) is 0 Å².